The molecule has 0 fully saturated rings. The zero-order valence-corrected chi connectivity index (χ0v) is 29.0. The fourth-order valence-electron chi connectivity index (χ4n) is 4.95. The van der Waals surface area contributed by atoms with Crippen LogP contribution in [0.5, 0.6) is 11.5 Å². The number of ether oxygens (including phenoxy) is 2. The molecule has 0 radical (unpaired) electrons. The smallest absolute Gasteiger partial charge is 0.296 e. The van der Waals surface area contributed by atoms with Crippen molar-refractivity contribution in [3.63, 3.8) is 0 Å². The number of thioether (sulfide) groups is 1. The highest BCUT2D eigenvalue weighted by atomic mass is 35.5. The Bertz CT molecular complexity index is 1790. The van der Waals surface area contributed by atoms with E-state index in [9.17, 15) is 14.7 Å². The topological polar surface area (TPSA) is 102 Å². The van der Waals surface area contributed by atoms with Crippen LogP contribution in [0.4, 0.5) is 5.13 Å². The van der Waals surface area contributed by atoms with Crippen LogP contribution in [0.15, 0.2) is 88.5 Å². The lowest BCUT2D eigenvalue weighted by atomic mass is 9.95. The summed E-state index contributed by atoms with van der Waals surface area (Å²) in [6.07, 6.45) is 6.02. The maximum Gasteiger partial charge on any atom is 0.296 e. The van der Waals surface area contributed by atoms with Crippen LogP contribution in [0, 0.1) is 0 Å². The van der Waals surface area contributed by atoms with Gasteiger partial charge in [-0.25, -0.2) is 0 Å². The van der Waals surface area contributed by atoms with E-state index in [4.69, 9.17) is 32.7 Å². The summed E-state index contributed by atoms with van der Waals surface area (Å²) in [5.41, 5.74) is 2.14. The summed E-state index contributed by atoms with van der Waals surface area (Å²) < 4.78 is 12.5. The molecule has 1 atom stereocenters. The highest BCUT2D eigenvalue weighted by Gasteiger charge is 2.45. The number of aliphatic hydroxyl groups excluding tert-OH is 1. The van der Waals surface area contributed by atoms with E-state index in [2.05, 4.69) is 17.1 Å². The summed E-state index contributed by atoms with van der Waals surface area (Å²) in [5, 5.41) is 21.1. The van der Waals surface area contributed by atoms with Crippen LogP contribution in [0.2, 0.25) is 10.0 Å². The van der Waals surface area contributed by atoms with Crippen LogP contribution in [-0.4, -0.2) is 40.2 Å². The maximum absolute atomic E-state index is 13.7. The van der Waals surface area contributed by atoms with Gasteiger partial charge >= 0.3 is 0 Å². The van der Waals surface area contributed by atoms with E-state index < -0.39 is 23.5 Å². The molecular formula is C35H33Cl2N3O5S2. The number of rotatable bonds is 15. The molecule has 0 saturated carbocycles. The van der Waals surface area contributed by atoms with Gasteiger partial charge in [-0.2, -0.15) is 0 Å². The number of allylic oxidation sites excluding steroid dienone is 1. The van der Waals surface area contributed by atoms with Crippen molar-refractivity contribution in [1.82, 2.24) is 10.2 Å². The van der Waals surface area contributed by atoms with Crippen molar-refractivity contribution < 1.29 is 24.2 Å². The van der Waals surface area contributed by atoms with Crippen LogP contribution in [-0.2, 0) is 15.3 Å². The summed E-state index contributed by atoms with van der Waals surface area (Å²) in [4.78, 5) is 28.8. The number of unbranched alkanes of at least 4 members (excludes halogenated alkanes) is 2. The third-order valence-corrected chi connectivity index (χ3v) is 9.95. The number of nitrogens with zero attached hydrogens (tertiary/aromatic N) is 3. The molecule has 5 rings (SSSR count). The van der Waals surface area contributed by atoms with E-state index in [0.29, 0.717) is 50.4 Å². The summed E-state index contributed by atoms with van der Waals surface area (Å²) in [5.74, 6) is -0.382. The molecule has 1 aliphatic heterocycles. The molecule has 2 heterocycles. The molecule has 1 aromatic heterocycles. The second-order valence-corrected chi connectivity index (χ2v) is 13.5. The lowest BCUT2D eigenvalue weighted by Crippen LogP contribution is -2.31. The standard InChI is InChI=1S/C35H33Cl2N3O5S2/c1-3-5-9-18-45-28-17-14-23(19-29(28)44-4-2)31-30(27(41)16-12-22-10-7-6-8-11-22)32(42)33(43)40(31)34-38-39-35(47-34)46-21-24-13-15-25(36)20-26(24)37/h6-8,10-17,19-20,31,42H,3-5,9,18,21H2,1-2H3. The van der Waals surface area contributed by atoms with Gasteiger partial charge in [0.05, 0.1) is 24.8 Å². The number of hydrogen-bond donors (Lipinski definition) is 1. The van der Waals surface area contributed by atoms with Crippen LogP contribution in [0.1, 0.15) is 55.8 Å². The number of carbonyl (C=O) groups excluding carboxylic acids is 2. The number of carbonyl (C=O) groups is 2. The van der Waals surface area contributed by atoms with E-state index in [0.717, 1.165) is 30.4 Å². The molecular weight excluding hydrogens is 677 g/mol. The largest absolute Gasteiger partial charge is 0.503 e. The van der Waals surface area contributed by atoms with Gasteiger partial charge < -0.3 is 14.6 Å². The van der Waals surface area contributed by atoms with Crippen LogP contribution < -0.4 is 14.4 Å². The number of hydrogen-bond acceptors (Lipinski definition) is 9. The molecule has 4 aromatic rings. The highest BCUT2D eigenvalue weighted by molar-refractivity contribution is 8.00. The molecule has 3 aromatic carbocycles. The van der Waals surface area contributed by atoms with Gasteiger partial charge in [0.1, 0.15) is 0 Å². The third-order valence-electron chi connectivity index (χ3n) is 7.26. The van der Waals surface area contributed by atoms with Gasteiger partial charge in [0.2, 0.25) is 5.13 Å². The normalized spacial score (nSPS) is 14.8. The van der Waals surface area contributed by atoms with E-state index in [1.54, 1.807) is 36.4 Å². The molecule has 1 amide bonds. The molecule has 0 spiro atoms. The predicted octanol–water partition coefficient (Wildman–Crippen LogP) is 9.29. The van der Waals surface area contributed by atoms with E-state index in [1.807, 2.05) is 43.3 Å². The molecule has 0 saturated heterocycles. The molecule has 8 nitrogen and oxygen atoms in total. The van der Waals surface area contributed by atoms with E-state index in [1.165, 1.54) is 34.1 Å². The van der Waals surface area contributed by atoms with Gasteiger partial charge in [0.15, 0.2) is 27.4 Å². The molecule has 1 unspecified atom stereocenters. The first-order chi connectivity index (χ1) is 22.8. The minimum absolute atomic E-state index is 0.0707. The molecule has 0 bridgehead atoms. The number of ketones is 1. The zero-order valence-electron chi connectivity index (χ0n) is 25.8. The minimum atomic E-state index is -1.000. The second kappa shape index (κ2) is 16.3. The van der Waals surface area contributed by atoms with Crippen molar-refractivity contribution >= 4 is 69.2 Å². The predicted molar refractivity (Wildman–Crippen MR) is 189 cm³/mol. The molecule has 12 heteroatoms. The Balaban J connectivity index is 1.49. The number of aliphatic hydroxyl groups is 1. The monoisotopic (exact) mass is 709 g/mol. The Hall–Kier alpha value is -3.83. The number of benzene rings is 3. The Labute approximate surface area is 292 Å². The lowest BCUT2D eigenvalue weighted by molar-refractivity contribution is -0.117. The van der Waals surface area contributed by atoms with Gasteiger partial charge in [0.25, 0.3) is 5.91 Å². The molecule has 0 aliphatic carbocycles. The Morgan fingerprint density at radius 1 is 1.02 bits per heavy atom. The summed E-state index contributed by atoms with van der Waals surface area (Å²) in [7, 11) is 0. The van der Waals surface area contributed by atoms with Gasteiger partial charge in [-0.05, 0) is 60.4 Å². The average molecular weight is 711 g/mol. The highest BCUT2D eigenvalue weighted by Crippen LogP contribution is 2.45. The molecule has 1 aliphatic rings. The van der Waals surface area contributed by atoms with Crippen molar-refractivity contribution in [2.75, 3.05) is 18.1 Å². The van der Waals surface area contributed by atoms with Crippen molar-refractivity contribution in [3.05, 3.63) is 111 Å². The number of anilines is 1. The van der Waals surface area contributed by atoms with E-state index in [-0.39, 0.29) is 10.7 Å². The van der Waals surface area contributed by atoms with E-state index >= 15 is 0 Å². The first-order valence-corrected chi connectivity index (χ1v) is 17.7. The number of amides is 1. The quantitative estimate of drug-likeness (QED) is 0.0564. The van der Waals surface area contributed by atoms with Gasteiger partial charge in [0, 0.05) is 15.8 Å². The van der Waals surface area contributed by atoms with Gasteiger partial charge in [-0.1, -0.05) is 115 Å². The number of aromatic nitrogens is 2. The van der Waals surface area contributed by atoms with Crippen LogP contribution >= 0.6 is 46.3 Å². The first-order valence-electron chi connectivity index (χ1n) is 15.1. The number of halogens is 2. The first kappa shape index (κ1) is 34.5. The maximum atomic E-state index is 13.7. The van der Waals surface area contributed by atoms with Crippen molar-refractivity contribution in [1.29, 1.82) is 0 Å². The minimum Gasteiger partial charge on any atom is -0.503 e. The van der Waals surface area contributed by atoms with Crippen molar-refractivity contribution in [2.24, 2.45) is 0 Å². The van der Waals surface area contributed by atoms with Crippen molar-refractivity contribution in [2.45, 2.75) is 49.2 Å². The zero-order chi connectivity index (χ0) is 33.3. The van der Waals surface area contributed by atoms with Crippen LogP contribution in [0.25, 0.3) is 6.08 Å². The summed E-state index contributed by atoms with van der Waals surface area (Å²) >= 11 is 15.0. The lowest BCUT2D eigenvalue weighted by Gasteiger charge is -2.24. The Morgan fingerprint density at radius 2 is 1.83 bits per heavy atom. The Kier molecular flexibility index (Phi) is 12.0. The van der Waals surface area contributed by atoms with Gasteiger partial charge in [-0.15, -0.1) is 10.2 Å². The van der Waals surface area contributed by atoms with Gasteiger partial charge in [-0.3, -0.25) is 14.5 Å². The second-order valence-electron chi connectivity index (χ2n) is 10.5. The molecule has 244 valence electrons. The van der Waals surface area contributed by atoms with Crippen LogP contribution in [0.3, 0.4) is 0 Å². The molecule has 47 heavy (non-hydrogen) atoms. The van der Waals surface area contributed by atoms with Crippen molar-refractivity contribution in [3.8, 4) is 11.5 Å². The summed E-state index contributed by atoms with van der Waals surface area (Å²) in [6, 6.07) is 18.9. The average Bonchev–Trinajstić information content (AvgIpc) is 3.64. The third kappa shape index (κ3) is 8.37. The summed E-state index contributed by atoms with van der Waals surface area (Å²) in [6.45, 7) is 4.90. The molecule has 1 N–H and O–H groups in total. The Morgan fingerprint density at radius 3 is 2.57 bits per heavy atom. The fraction of sp³-hybridized carbons (Fsp3) is 0.257. The fourth-order valence-corrected chi connectivity index (χ4v) is 7.37. The SMILES string of the molecule is CCCCCOc1ccc(C2C(C(=O)C=Cc3ccccc3)=C(O)C(=O)N2c2nnc(SCc3ccc(Cl)cc3Cl)s2)cc1OCC.